The molecule has 27 nitrogen and oxygen atoms in total. The van der Waals surface area contributed by atoms with Crippen molar-refractivity contribution in [1.29, 1.82) is 0 Å². The number of thioether (sulfide) groups is 4. The number of β-lactam (4-membered cyclic amide) rings is 2. The number of carboxylic acids is 2. The van der Waals surface area contributed by atoms with Crippen LogP contribution in [-0.2, 0) is 47.2 Å². The summed E-state index contributed by atoms with van der Waals surface area (Å²) in [5.41, 5.74) is 4.62. The summed E-state index contributed by atoms with van der Waals surface area (Å²) in [5.74, 6) is -3.49. The third-order valence-electron chi connectivity index (χ3n) is 9.16. The van der Waals surface area contributed by atoms with Crippen LogP contribution < -0.4 is 27.5 Å². The maximum absolute atomic E-state index is 12.9. The Morgan fingerprint density at radius 1 is 0.969 bits per heavy atom. The van der Waals surface area contributed by atoms with Crippen molar-refractivity contribution in [2.24, 2.45) is 12.2 Å². The Labute approximate surface area is 389 Å². The fourth-order valence-corrected chi connectivity index (χ4v) is 12.6. The Bertz CT molecular complexity index is 2790. The van der Waals surface area contributed by atoms with Gasteiger partial charge in [0.15, 0.2) is 20.3 Å². The molecule has 8 rings (SSSR count). The number of carbonyl (C=O) groups is 6. The molecule has 0 spiro atoms. The zero-order valence-electron chi connectivity index (χ0n) is 33.5. The number of nitrogens with zero attached hydrogens (tertiary/aromatic N) is 12. The van der Waals surface area contributed by atoms with Gasteiger partial charge >= 0.3 is 23.1 Å². The van der Waals surface area contributed by atoms with Gasteiger partial charge in [-0.2, -0.15) is 4.98 Å². The molecule has 4 aromatic heterocycles. The van der Waals surface area contributed by atoms with E-state index in [2.05, 4.69) is 56.6 Å². The standard InChI is InChI=1S/C18H18N8O7S3.C14H14N8O4S3.H2/c1-25-18(22-12(28)13(29)23-25)36-4-6-3-34-15-9(14(30)26(15)10(6)16(31)32)21-11(27)8(24-33-2)7-5-35-17(19)20-7;1-6-17-18-14(29-6)28-4-7-3-27-12-9(11(24)22(12)10(7)13(25)26)16-8(23)2-21-5-15-19-20-21;/h5,9,15H,3-4H2,1-2H3,(H2,19,20)(H,21,27)(H,23,29)(H,31,32);5,9,12H,2-4H2,1H3,(H,16,23)(H,25,26);1H/b24-8-;;. The largest absolute Gasteiger partial charge is 0.477 e. The first-order valence-corrected chi connectivity index (χ1v) is 24.0. The van der Waals surface area contributed by atoms with Crippen molar-refractivity contribution in [3.05, 3.63) is 65.7 Å². The lowest BCUT2D eigenvalue weighted by atomic mass is 10.0. The highest BCUT2D eigenvalue weighted by atomic mass is 32.2. The minimum atomic E-state index is -1.31. The minimum Gasteiger partial charge on any atom is -0.477 e. The number of rotatable bonds is 15. The Hall–Kier alpha value is -6.16. The molecule has 65 heavy (non-hydrogen) atoms. The number of aromatic amines is 1. The van der Waals surface area contributed by atoms with E-state index in [4.69, 9.17) is 10.6 Å². The zero-order valence-corrected chi connectivity index (χ0v) is 38.4. The van der Waals surface area contributed by atoms with E-state index < -0.39 is 69.5 Å². The number of oxime groups is 1. The summed E-state index contributed by atoms with van der Waals surface area (Å²) in [4.78, 5) is 112. The Kier molecular flexibility index (Phi) is 14.4. The third-order valence-corrected chi connectivity index (χ3v) is 15.7. The van der Waals surface area contributed by atoms with E-state index >= 15 is 0 Å². The van der Waals surface area contributed by atoms with Crippen LogP contribution in [0.1, 0.15) is 12.1 Å². The molecule has 33 heteroatoms. The minimum absolute atomic E-state index is 0. The number of nitrogens with one attached hydrogen (secondary N) is 3. The zero-order chi connectivity index (χ0) is 46.7. The first-order valence-electron chi connectivity index (χ1n) is 18.2. The third kappa shape index (κ3) is 10.1. The molecular formula is C32H34N16O11S6. The highest BCUT2D eigenvalue weighted by molar-refractivity contribution is 8.02. The SMILES string of the molecule is CO/N=C(\C(=O)NC1C(=O)N2C(C(=O)O)=C(CSc3nc(=O)c(=O)[nH]n3C)CSC12)c1csc(N)n1.Cc1nnc(SCC2=C(C(=O)O)N3C(=O)C(NC(=O)Cn4cnnn4)C3SC2)s1.[HH]. The molecule has 2 fully saturated rings. The second-order valence-corrected chi connectivity index (χ2v) is 19.8. The van der Waals surface area contributed by atoms with E-state index in [0.717, 1.165) is 37.3 Å². The van der Waals surface area contributed by atoms with E-state index in [-0.39, 0.29) is 52.6 Å². The monoisotopic (exact) mass is 1010 g/mol. The molecule has 4 unspecified atom stereocenters. The van der Waals surface area contributed by atoms with Gasteiger partial charge in [0.05, 0.1) is 0 Å². The van der Waals surface area contributed by atoms with Crippen LogP contribution in [-0.4, -0.2) is 164 Å². The van der Waals surface area contributed by atoms with E-state index in [1.807, 2.05) is 6.92 Å². The van der Waals surface area contributed by atoms with Gasteiger partial charge in [-0.1, -0.05) is 40.0 Å². The average molecular weight is 1010 g/mol. The van der Waals surface area contributed by atoms with Gasteiger partial charge in [-0.15, -0.1) is 50.2 Å². The number of aryl methyl sites for hydroxylation is 2. The summed E-state index contributed by atoms with van der Waals surface area (Å²) in [6.07, 6.45) is 1.29. The van der Waals surface area contributed by atoms with Gasteiger partial charge in [0.2, 0.25) is 5.91 Å². The van der Waals surface area contributed by atoms with Crippen molar-refractivity contribution >= 4 is 116 Å². The van der Waals surface area contributed by atoms with Crippen LogP contribution in [0.15, 0.2) is 58.5 Å². The van der Waals surface area contributed by atoms with E-state index in [1.54, 1.807) is 0 Å². The van der Waals surface area contributed by atoms with Gasteiger partial charge in [-0.3, -0.25) is 48.3 Å². The quantitative estimate of drug-likeness (QED) is 0.0246. The molecule has 344 valence electrons. The topological polar surface area (TPSA) is 371 Å². The van der Waals surface area contributed by atoms with Crippen molar-refractivity contribution in [2.45, 2.75) is 45.8 Å². The number of anilines is 1. The Morgan fingerprint density at radius 2 is 1.60 bits per heavy atom. The molecule has 0 saturated carbocycles. The fraction of sp³-hybridized carbons (Fsp3) is 0.375. The molecule has 4 aromatic rings. The molecule has 4 amide bonds. The first kappa shape index (κ1) is 46.8. The Balaban J connectivity index is 0.000000220. The molecule has 0 aromatic carbocycles. The molecule has 0 aliphatic carbocycles. The number of thiazole rings is 1. The summed E-state index contributed by atoms with van der Waals surface area (Å²) < 4.78 is 3.23. The Morgan fingerprint density at radius 3 is 2.14 bits per heavy atom. The van der Waals surface area contributed by atoms with Crippen LogP contribution in [0.25, 0.3) is 0 Å². The number of aromatic nitrogens is 10. The number of nitrogen functional groups attached to an aromatic ring is 1. The second kappa shape index (κ2) is 19.9. The van der Waals surface area contributed by atoms with Crippen LogP contribution in [0.2, 0.25) is 0 Å². The lowest BCUT2D eigenvalue weighted by Crippen LogP contribution is -2.71. The predicted octanol–water partition coefficient (Wildman–Crippen LogP) is -2.00. The molecule has 4 aliphatic heterocycles. The van der Waals surface area contributed by atoms with E-state index in [9.17, 15) is 48.6 Å². The maximum atomic E-state index is 12.9. The van der Waals surface area contributed by atoms with Gasteiger partial charge in [-0.25, -0.2) is 19.3 Å². The number of amides is 4. The van der Waals surface area contributed by atoms with Gasteiger partial charge in [-0.05, 0) is 28.5 Å². The summed E-state index contributed by atoms with van der Waals surface area (Å²) in [6.45, 7) is 1.72. The molecular weight excluding hydrogens is 977 g/mol. The molecule has 4 aliphatic rings. The van der Waals surface area contributed by atoms with Crippen molar-refractivity contribution in [3.8, 4) is 0 Å². The van der Waals surface area contributed by atoms with Crippen molar-refractivity contribution in [3.63, 3.8) is 0 Å². The van der Waals surface area contributed by atoms with Gasteiger partial charge < -0.3 is 31.4 Å². The smallest absolute Gasteiger partial charge is 0.352 e. The van der Waals surface area contributed by atoms with Crippen LogP contribution in [0.3, 0.4) is 0 Å². The highest BCUT2D eigenvalue weighted by Crippen LogP contribution is 2.43. The van der Waals surface area contributed by atoms with Gasteiger partial charge in [0, 0.05) is 36.9 Å². The molecule has 7 N–H and O–H groups in total. The lowest BCUT2D eigenvalue weighted by Gasteiger charge is -2.49. The highest BCUT2D eigenvalue weighted by Gasteiger charge is 2.55. The number of carboxylic acid groups (broad SMARTS) is 2. The molecule has 2 saturated heterocycles. The van der Waals surface area contributed by atoms with Crippen LogP contribution >= 0.6 is 69.7 Å². The average Bonchev–Trinajstić information content (AvgIpc) is 4.06. The van der Waals surface area contributed by atoms with Crippen LogP contribution in [0, 0.1) is 6.92 Å². The number of tetrazole rings is 1. The fourth-order valence-electron chi connectivity index (χ4n) is 6.34. The maximum Gasteiger partial charge on any atom is 0.352 e. The normalized spacial score (nSPS) is 20.2. The van der Waals surface area contributed by atoms with E-state index in [1.165, 1.54) is 86.8 Å². The van der Waals surface area contributed by atoms with Crippen LogP contribution in [0.4, 0.5) is 5.13 Å². The summed E-state index contributed by atoms with van der Waals surface area (Å²) in [5, 5.41) is 50.8. The molecule has 4 atom stereocenters. The number of hydrogen-bond acceptors (Lipinski definition) is 24. The predicted molar refractivity (Wildman–Crippen MR) is 236 cm³/mol. The number of fused-ring (bicyclic) bond motifs is 2. The molecule has 0 bridgehead atoms. The second-order valence-electron chi connectivity index (χ2n) is 13.4. The number of nitrogens with two attached hydrogens (primary N) is 1. The number of H-pyrrole nitrogens is 1. The summed E-state index contributed by atoms with van der Waals surface area (Å²) in [7, 11) is 2.74. The van der Waals surface area contributed by atoms with Gasteiger partial charge in [0.25, 0.3) is 17.7 Å². The van der Waals surface area contributed by atoms with Crippen molar-refractivity contribution in [1.82, 2.24) is 70.6 Å². The van der Waals surface area contributed by atoms with Gasteiger partial charge in [0.1, 0.15) is 64.9 Å². The number of hydrogen-bond donors (Lipinski definition) is 6. The van der Waals surface area contributed by atoms with Crippen molar-refractivity contribution in [2.75, 3.05) is 35.9 Å². The first-order chi connectivity index (χ1) is 31.1. The number of aliphatic carboxylic acids is 2. The lowest BCUT2D eigenvalue weighted by molar-refractivity contribution is -0.150. The number of carbonyl (C=O) groups excluding carboxylic acids is 4. The summed E-state index contributed by atoms with van der Waals surface area (Å²) in [6, 6.07) is -1.77. The van der Waals surface area contributed by atoms with Crippen molar-refractivity contribution < 1.29 is 45.2 Å². The molecule has 8 heterocycles. The van der Waals surface area contributed by atoms with Crippen LogP contribution in [0.5, 0.6) is 0 Å². The van der Waals surface area contributed by atoms with E-state index in [0.29, 0.717) is 22.7 Å². The summed E-state index contributed by atoms with van der Waals surface area (Å²) >= 11 is 7.65. The molecule has 0 radical (unpaired) electrons.